The van der Waals surface area contributed by atoms with Crippen LogP contribution in [0.2, 0.25) is 0 Å². The van der Waals surface area contributed by atoms with E-state index in [2.05, 4.69) is 5.32 Å². The zero-order valence-corrected chi connectivity index (χ0v) is 17.7. The van der Waals surface area contributed by atoms with Crippen molar-refractivity contribution < 1.29 is 18.0 Å². The lowest BCUT2D eigenvalue weighted by Gasteiger charge is -2.44. The number of nitrogens with zero attached hydrogens (tertiary/aromatic N) is 2. The van der Waals surface area contributed by atoms with Crippen molar-refractivity contribution in [2.75, 3.05) is 19.6 Å². The Kier molecular flexibility index (Phi) is 5.48. The van der Waals surface area contributed by atoms with Crippen LogP contribution in [-0.4, -0.2) is 54.6 Å². The zero-order valence-electron chi connectivity index (χ0n) is 16.9. The summed E-state index contributed by atoms with van der Waals surface area (Å²) in [6.07, 6.45) is 1.05. The SMILES string of the molecule is CC(=O)c1ccc(S(=O)(=O)N2CCC3(CC2)NCC(=O)N3Cc2ccccc2)cc1. The average molecular weight is 428 g/mol. The van der Waals surface area contributed by atoms with Crippen LogP contribution < -0.4 is 5.32 Å². The summed E-state index contributed by atoms with van der Waals surface area (Å²) in [5, 5.41) is 3.34. The number of carbonyl (C=O) groups is 2. The van der Waals surface area contributed by atoms with E-state index in [0.29, 0.717) is 38.0 Å². The van der Waals surface area contributed by atoms with Gasteiger partial charge >= 0.3 is 0 Å². The molecular formula is C22H25N3O4S. The van der Waals surface area contributed by atoms with Crippen LogP contribution in [0, 0.1) is 0 Å². The van der Waals surface area contributed by atoms with Gasteiger partial charge in [-0.2, -0.15) is 4.31 Å². The highest BCUT2D eigenvalue weighted by molar-refractivity contribution is 7.89. The van der Waals surface area contributed by atoms with Gasteiger partial charge in [0.15, 0.2) is 5.78 Å². The smallest absolute Gasteiger partial charge is 0.243 e. The largest absolute Gasteiger partial charge is 0.319 e. The first-order chi connectivity index (χ1) is 14.3. The highest BCUT2D eigenvalue weighted by Crippen LogP contribution is 2.33. The predicted octanol–water partition coefficient (Wildman–Crippen LogP) is 2.00. The molecular weight excluding hydrogens is 402 g/mol. The normalized spacial score (nSPS) is 19.4. The van der Waals surface area contributed by atoms with E-state index in [-0.39, 0.29) is 23.1 Å². The van der Waals surface area contributed by atoms with Gasteiger partial charge in [-0.1, -0.05) is 42.5 Å². The molecule has 4 rings (SSSR count). The summed E-state index contributed by atoms with van der Waals surface area (Å²) in [4.78, 5) is 26.0. The van der Waals surface area contributed by atoms with E-state index in [1.54, 1.807) is 12.1 Å². The van der Waals surface area contributed by atoms with Crippen LogP contribution >= 0.6 is 0 Å². The van der Waals surface area contributed by atoms with Crippen LogP contribution in [-0.2, 0) is 21.4 Å². The fourth-order valence-corrected chi connectivity index (χ4v) is 5.67. The molecule has 2 aliphatic heterocycles. The molecule has 1 amide bonds. The lowest BCUT2D eigenvalue weighted by Crippen LogP contribution is -2.58. The molecule has 0 radical (unpaired) electrons. The topological polar surface area (TPSA) is 86.8 Å². The van der Waals surface area contributed by atoms with Gasteiger partial charge in [-0.05, 0) is 37.5 Å². The number of amides is 1. The minimum Gasteiger partial charge on any atom is -0.319 e. The standard InChI is InChI=1S/C22H25N3O4S/c1-17(26)19-7-9-20(10-8-19)30(28,29)24-13-11-22(12-14-24)23-15-21(27)25(22)16-18-5-3-2-4-6-18/h2-10,23H,11-16H2,1H3. The van der Waals surface area contributed by atoms with Crippen LogP contribution in [0.3, 0.4) is 0 Å². The van der Waals surface area contributed by atoms with E-state index in [4.69, 9.17) is 0 Å². The average Bonchev–Trinajstić information content (AvgIpc) is 3.04. The van der Waals surface area contributed by atoms with Crippen molar-refractivity contribution >= 4 is 21.7 Å². The second-order valence-electron chi connectivity index (χ2n) is 7.84. The molecule has 2 saturated heterocycles. The molecule has 0 saturated carbocycles. The Morgan fingerprint density at radius 3 is 2.27 bits per heavy atom. The number of ketones is 1. The second-order valence-corrected chi connectivity index (χ2v) is 9.77. The second kappa shape index (κ2) is 7.94. The lowest BCUT2D eigenvalue weighted by atomic mass is 9.96. The van der Waals surface area contributed by atoms with Crippen LogP contribution in [0.1, 0.15) is 35.7 Å². The Labute approximate surface area is 176 Å². The van der Waals surface area contributed by atoms with Gasteiger partial charge in [0.1, 0.15) is 0 Å². The first kappa shape index (κ1) is 20.7. The molecule has 0 atom stereocenters. The summed E-state index contributed by atoms with van der Waals surface area (Å²) in [7, 11) is -3.65. The van der Waals surface area contributed by atoms with Gasteiger partial charge in [-0.25, -0.2) is 8.42 Å². The van der Waals surface area contributed by atoms with E-state index in [1.165, 1.54) is 23.4 Å². The van der Waals surface area contributed by atoms with Crippen LogP contribution in [0.15, 0.2) is 59.5 Å². The van der Waals surface area contributed by atoms with E-state index in [1.807, 2.05) is 35.2 Å². The molecule has 0 aromatic heterocycles. The maximum Gasteiger partial charge on any atom is 0.243 e. The number of carbonyl (C=O) groups excluding carboxylic acids is 2. The highest BCUT2D eigenvalue weighted by atomic mass is 32.2. The third kappa shape index (κ3) is 3.78. The van der Waals surface area contributed by atoms with Gasteiger partial charge in [0, 0.05) is 25.2 Å². The molecule has 8 heteroatoms. The molecule has 7 nitrogen and oxygen atoms in total. The van der Waals surface area contributed by atoms with Gasteiger partial charge < -0.3 is 4.90 Å². The first-order valence-electron chi connectivity index (χ1n) is 10.0. The van der Waals surface area contributed by atoms with Crippen molar-refractivity contribution in [2.45, 2.75) is 36.9 Å². The summed E-state index contributed by atoms with van der Waals surface area (Å²) in [5.74, 6) is -0.0654. The Balaban J connectivity index is 1.49. The van der Waals surface area contributed by atoms with Gasteiger partial charge in [0.25, 0.3) is 0 Å². The number of Topliss-reactive ketones (excluding diaryl/α,β-unsaturated/α-hetero) is 1. The number of nitrogens with one attached hydrogen (secondary N) is 1. The molecule has 0 aliphatic carbocycles. The van der Waals surface area contributed by atoms with Crippen LogP contribution in [0.5, 0.6) is 0 Å². The van der Waals surface area contributed by atoms with Crippen molar-refractivity contribution in [1.82, 2.24) is 14.5 Å². The third-order valence-corrected chi connectivity index (χ3v) is 7.93. The Hall–Kier alpha value is -2.55. The van der Waals surface area contributed by atoms with Crippen molar-refractivity contribution in [3.63, 3.8) is 0 Å². The summed E-state index contributed by atoms with van der Waals surface area (Å²) >= 11 is 0. The number of benzene rings is 2. The molecule has 2 heterocycles. The van der Waals surface area contributed by atoms with E-state index >= 15 is 0 Å². The van der Waals surface area contributed by atoms with Crippen molar-refractivity contribution in [3.05, 3.63) is 65.7 Å². The highest BCUT2D eigenvalue weighted by Gasteiger charge is 2.48. The Morgan fingerprint density at radius 1 is 1.03 bits per heavy atom. The number of sulfonamides is 1. The van der Waals surface area contributed by atoms with Crippen molar-refractivity contribution in [3.8, 4) is 0 Å². The van der Waals surface area contributed by atoms with Crippen molar-refractivity contribution in [2.24, 2.45) is 0 Å². The molecule has 2 fully saturated rings. The van der Waals surface area contributed by atoms with E-state index in [9.17, 15) is 18.0 Å². The zero-order chi connectivity index (χ0) is 21.4. The fourth-order valence-electron chi connectivity index (χ4n) is 4.23. The molecule has 2 aromatic carbocycles. The Morgan fingerprint density at radius 2 is 1.67 bits per heavy atom. The minimum atomic E-state index is -3.65. The summed E-state index contributed by atoms with van der Waals surface area (Å²) in [6, 6.07) is 15.9. The maximum atomic E-state index is 13.0. The van der Waals surface area contributed by atoms with Crippen LogP contribution in [0.25, 0.3) is 0 Å². The molecule has 0 unspecified atom stereocenters. The van der Waals surface area contributed by atoms with Gasteiger partial charge in [-0.3, -0.25) is 14.9 Å². The molecule has 30 heavy (non-hydrogen) atoms. The molecule has 158 valence electrons. The van der Waals surface area contributed by atoms with Crippen molar-refractivity contribution in [1.29, 1.82) is 0 Å². The third-order valence-electron chi connectivity index (χ3n) is 6.02. The molecule has 2 aromatic rings. The molecule has 1 spiro atoms. The minimum absolute atomic E-state index is 0.0370. The number of piperidine rings is 1. The number of hydrogen-bond donors (Lipinski definition) is 1. The molecule has 0 bridgehead atoms. The Bertz CT molecular complexity index is 1040. The summed E-state index contributed by atoms with van der Waals surface area (Å²) in [6.45, 7) is 2.87. The molecule has 1 N–H and O–H groups in total. The predicted molar refractivity (Wildman–Crippen MR) is 112 cm³/mol. The fraction of sp³-hybridized carbons (Fsp3) is 0.364. The quantitative estimate of drug-likeness (QED) is 0.738. The van der Waals surface area contributed by atoms with Gasteiger partial charge in [0.05, 0.1) is 17.1 Å². The van der Waals surface area contributed by atoms with Crippen LogP contribution in [0.4, 0.5) is 0 Å². The van der Waals surface area contributed by atoms with E-state index in [0.717, 1.165) is 5.56 Å². The van der Waals surface area contributed by atoms with Gasteiger partial charge in [0.2, 0.25) is 15.9 Å². The van der Waals surface area contributed by atoms with Gasteiger partial charge in [-0.15, -0.1) is 0 Å². The summed E-state index contributed by atoms with van der Waals surface area (Å²) in [5.41, 5.74) is 1.02. The lowest BCUT2D eigenvalue weighted by molar-refractivity contribution is -0.132. The molecule has 2 aliphatic rings. The first-order valence-corrected chi connectivity index (χ1v) is 11.5. The van der Waals surface area contributed by atoms with E-state index < -0.39 is 15.7 Å². The number of rotatable bonds is 5. The maximum absolute atomic E-state index is 13.0. The summed E-state index contributed by atoms with van der Waals surface area (Å²) < 4.78 is 27.6. The number of hydrogen-bond acceptors (Lipinski definition) is 5. The monoisotopic (exact) mass is 427 g/mol.